The molecule has 1 aliphatic heterocycles. The largest absolute Gasteiger partial charge is 0.497 e. The fourth-order valence-corrected chi connectivity index (χ4v) is 4.22. The molecule has 0 N–H and O–H groups in total. The molecule has 5 heteroatoms. The first kappa shape index (κ1) is 18.0. The highest BCUT2D eigenvalue weighted by Gasteiger charge is 2.54. The second-order valence-electron chi connectivity index (χ2n) is 6.95. The number of anilines is 1. The topological polar surface area (TPSA) is 55.8 Å². The second kappa shape index (κ2) is 6.68. The van der Waals surface area contributed by atoms with E-state index in [0.29, 0.717) is 11.3 Å². The minimum atomic E-state index is -1.04. The van der Waals surface area contributed by atoms with Gasteiger partial charge in [-0.1, -0.05) is 42.5 Å². The molecule has 2 aromatic carbocycles. The summed E-state index contributed by atoms with van der Waals surface area (Å²) in [5.74, 6) is -0.148. The molecule has 0 fully saturated rings. The van der Waals surface area contributed by atoms with Crippen molar-refractivity contribution in [3.8, 4) is 5.75 Å². The Balaban J connectivity index is 2.01. The molecular weight excluding hydrogens is 354 g/mol. The summed E-state index contributed by atoms with van der Waals surface area (Å²) >= 11 is 0. The van der Waals surface area contributed by atoms with E-state index >= 15 is 0 Å². The van der Waals surface area contributed by atoms with Gasteiger partial charge in [-0.2, -0.15) is 0 Å². The van der Waals surface area contributed by atoms with E-state index in [1.807, 2.05) is 54.6 Å². The Morgan fingerprint density at radius 3 is 2.54 bits per heavy atom. The quantitative estimate of drug-likeness (QED) is 0.772. The Bertz CT molecular complexity index is 1010. The first-order valence-electron chi connectivity index (χ1n) is 9.04. The number of hydrogen-bond acceptors (Lipinski definition) is 4. The minimum Gasteiger partial charge on any atom is -0.497 e. The first-order chi connectivity index (χ1) is 13.5. The van der Waals surface area contributed by atoms with Gasteiger partial charge in [-0.3, -0.25) is 4.79 Å². The standard InChI is InChI=1S/C23H21NO4/c1-24-20-12-10-17(27-2)13-19(20)23(22(24)26)14-16(21(25)28-3)9-11-18(23)15-7-5-4-6-8-15/h4-14,18H,1-3H3/t18-,23+/m1/s1. The third-order valence-electron chi connectivity index (χ3n) is 5.59. The van der Waals surface area contributed by atoms with Crippen LogP contribution < -0.4 is 9.64 Å². The zero-order valence-electron chi connectivity index (χ0n) is 16.0. The summed E-state index contributed by atoms with van der Waals surface area (Å²) in [4.78, 5) is 27.6. The van der Waals surface area contributed by atoms with Crippen LogP contribution in [0.25, 0.3) is 0 Å². The molecule has 5 nitrogen and oxygen atoms in total. The number of nitrogens with zero attached hydrogens (tertiary/aromatic N) is 1. The van der Waals surface area contributed by atoms with Crippen LogP contribution in [-0.4, -0.2) is 33.1 Å². The number of fused-ring (bicyclic) bond motifs is 2. The number of ether oxygens (including phenoxy) is 2. The lowest BCUT2D eigenvalue weighted by Gasteiger charge is -2.35. The third-order valence-corrected chi connectivity index (χ3v) is 5.59. The summed E-state index contributed by atoms with van der Waals surface area (Å²) in [5.41, 5.74) is 1.95. The first-order valence-corrected chi connectivity index (χ1v) is 9.04. The summed E-state index contributed by atoms with van der Waals surface area (Å²) in [7, 11) is 4.70. The van der Waals surface area contributed by atoms with Gasteiger partial charge in [0, 0.05) is 18.7 Å². The molecule has 1 amide bonds. The van der Waals surface area contributed by atoms with Crippen molar-refractivity contribution in [2.45, 2.75) is 11.3 Å². The van der Waals surface area contributed by atoms with Gasteiger partial charge < -0.3 is 14.4 Å². The lowest BCUT2D eigenvalue weighted by molar-refractivity contribution is -0.135. The van der Waals surface area contributed by atoms with Crippen molar-refractivity contribution >= 4 is 17.6 Å². The van der Waals surface area contributed by atoms with Crippen molar-refractivity contribution in [3.63, 3.8) is 0 Å². The normalized spacial score (nSPS) is 22.8. The van der Waals surface area contributed by atoms with E-state index in [0.717, 1.165) is 16.8 Å². The third kappa shape index (κ3) is 2.47. The zero-order valence-corrected chi connectivity index (χ0v) is 16.0. The summed E-state index contributed by atoms with van der Waals surface area (Å²) < 4.78 is 10.3. The Kier molecular flexibility index (Phi) is 4.30. The van der Waals surface area contributed by atoms with Gasteiger partial charge in [-0.15, -0.1) is 0 Å². The summed E-state index contributed by atoms with van der Waals surface area (Å²) in [6.45, 7) is 0. The van der Waals surface area contributed by atoms with Gasteiger partial charge in [0.1, 0.15) is 11.2 Å². The molecule has 1 aliphatic carbocycles. The van der Waals surface area contributed by atoms with E-state index < -0.39 is 11.4 Å². The van der Waals surface area contributed by atoms with Crippen molar-refractivity contribution in [2.24, 2.45) is 0 Å². The summed E-state index contributed by atoms with van der Waals surface area (Å²) in [5, 5.41) is 0. The summed E-state index contributed by atoms with van der Waals surface area (Å²) in [6.07, 6.45) is 5.41. The van der Waals surface area contributed by atoms with Crippen LogP contribution in [-0.2, 0) is 19.7 Å². The van der Waals surface area contributed by atoms with Crippen LogP contribution >= 0.6 is 0 Å². The van der Waals surface area contributed by atoms with E-state index in [4.69, 9.17) is 9.47 Å². The van der Waals surface area contributed by atoms with Crippen molar-refractivity contribution in [3.05, 3.63) is 83.5 Å². The van der Waals surface area contributed by atoms with Gasteiger partial charge in [0.05, 0.1) is 19.8 Å². The number of amides is 1. The Morgan fingerprint density at radius 2 is 1.86 bits per heavy atom. The molecule has 2 atom stereocenters. The molecule has 2 aliphatic rings. The van der Waals surface area contributed by atoms with Crippen molar-refractivity contribution in [2.75, 3.05) is 26.2 Å². The minimum absolute atomic E-state index is 0.0876. The Hall–Kier alpha value is -3.34. The fraction of sp³-hybridized carbons (Fsp3) is 0.217. The number of esters is 1. The van der Waals surface area contributed by atoms with Crippen LogP contribution in [0.1, 0.15) is 17.0 Å². The molecule has 0 bridgehead atoms. The number of carbonyl (C=O) groups is 2. The maximum atomic E-state index is 13.6. The molecule has 0 unspecified atom stereocenters. The molecule has 0 saturated carbocycles. The van der Waals surface area contributed by atoms with Crippen LogP contribution in [0.4, 0.5) is 5.69 Å². The molecule has 0 radical (unpaired) electrons. The SMILES string of the molecule is COC(=O)C1=C[C@]2(C(=O)N(C)c3ccc(OC)cc32)[C@@H](c2ccccc2)C=C1. The van der Waals surface area contributed by atoms with Gasteiger partial charge >= 0.3 is 5.97 Å². The van der Waals surface area contributed by atoms with Crippen molar-refractivity contribution < 1.29 is 19.1 Å². The molecule has 28 heavy (non-hydrogen) atoms. The molecule has 0 aromatic heterocycles. The van der Waals surface area contributed by atoms with Crippen LogP contribution in [0.5, 0.6) is 5.75 Å². The van der Waals surface area contributed by atoms with E-state index in [1.165, 1.54) is 7.11 Å². The Labute approximate surface area is 163 Å². The van der Waals surface area contributed by atoms with Crippen LogP contribution in [0.2, 0.25) is 0 Å². The number of carbonyl (C=O) groups excluding carboxylic acids is 2. The van der Waals surface area contributed by atoms with E-state index in [-0.39, 0.29) is 11.8 Å². The molecule has 0 saturated heterocycles. The van der Waals surface area contributed by atoms with Crippen molar-refractivity contribution in [1.29, 1.82) is 0 Å². The number of rotatable bonds is 3. The van der Waals surface area contributed by atoms with E-state index in [2.05, 4.69) is 0 Å². The fourth-order valence-electron chi connectivity index (χ4n) is 4.22. The smallest absolute Gasteiger partial charge is 0.337 e. The zero-order chi connectivity index (χ0) is 19.9. The van der Waals surface area contributed by atoms with Crippen LogP contribution in [0.3, 0.4) is 0 Å². The lowest BCUT2D eigenvalue weighted by atomic mass is 9.65. The monoisotopic (exact) mass is 375 g/mol. The molecular formula is C23H21NO4. The number of allylic oxidation sites excluding steroid dienone is 1. The van der Waals surface area contributed by atoms with Gasteiger partial charge in [0.25, 0.3) is 0 Å². The average Bonchev–Trinajstić information content (AvgIpc) is 2.95. The number of likely N-dealkylation sites (N-methyl/N-ethyl adjacent to an activating group) is 1. The highest BCUT2D eigenvalue weighted by molar-refractivity contribution is 6.12. The van der Waals surface area contributed by atoms with Crippen LogP contribution in [0.15, 0.2) is 72.3 Å². The number of methoxy groups -OCH3 is 2. The Morgan fingerprint density at radius 1 is 1.11 bits per heavy atom. The molecule has 1 heterocycles. The maximum absolute atomic E-state index is 13.6. The van der Waals surface area contributed by atoms with E-state index in [9.17, 15) is 9.59 Å². The highest BCUT2D eigenvalue weighted by Crippen LogP contribution is 2.53. The van der Waals surface area contributed by atoms with E-state index in [1.54, 1.807) is 31.2 Å². The number of benzene rings is 2. The van der Waals surface area contributed by atoms with Crippen LogP contribution in [0, 0.1) is 0 Å². The summed E-state index contributed by atoms with van der Waals surface area (Å²) in [6, 6.07) is 15.4. The lowest BCUT2D eigenvalue weighted by Crippen LogP contribution is -2.43. The van der Waals surface area contributed by atoms with Crippen molar-refractivity contribution in [1.82, 2.24) is 0 Å². The van der Waals surface area contributed by atoms with Gasteiger partial charge in [0.15, 0.2) is 0 Å². The second-order valence-corrected chi connectivity index (χ2v) is 6.95. The molecule has 4 rings (SSSR count). The molecule has 2 aromatic rings. The highest BCUT2D eigenvalue weighted by atomic mass is 16.5. The van der Waals surface area contributed by atoms with Gasteiger partial charge in [-0.05, 0) is 35.4 Å². The van der Waals surface area contributed by atoms with Gasteiger partial charge in [0.2, 0.25) is 5.91 Å². The maximum Gasteiger partial charge on any atom is 0.337 e. The predicted molar refractivity (Wildman–Crippen MR) is 107 cm³/mol. The predicted octanol–water partition coefficient (Wildman–Crippen LogP) is 3.36. The molecule has 142 valence electrons. The average molecular weight is 375 g/mol. The molecule has 1 spiro atoms. The number of hydrogen-bond donors (Lipinski definition) is 0. The van der Waals surface area contributed by atoms with Gasteiger partial charge in [-0.25, -0.2) is 4.79 Å².